The molecule has 0 bridgehead atoms. The maximum atomic E-state index is 5.95. The molecule has 0 unspecified atom stereocenters. The van der Waals surface area contributed by atoms with Crippen LogP contribution in [0, 0.1) is 0 Å². The fraction of sp³-hybridized carbons (Fsp3) is 0.692. The summed E-state index contributed by atoms with van der Waals surface area (Å²) in [6.45, 7) is 18.9. The standard InChI is InChI=1S/C13H28O3Si2/c1-10-12(11(2)15-17(4,5)6)13(14-3)16-18(7,8)9/h2,10H2,1,3-9H3/b13-12-. The van der Waals surface area contributed by atoms with Crippen LogP contribution in [-0.2, 0) is 13.6 Å². The van der Waals surface area contributed by atoms with Crippen molar-refractivity contribution in [3.8, 4) is 0 Å². The highest BCUT2D eigenvalue weighted by Gasteiger charge is 2.24. The summed E-state index contributed by atoms with van der Waals surface area (Å²) in [7, 11) is -1.71. The molecule has 0 atom stereocenters. The number of methoxy groups -OCH3 is 1. The highest BCUT2D eigenvalue weighted by Crippen LogP contribution is 2.25. The summed E-state index contributed by atoms with van der Waals surface area (Å²) in [6, 6.07) is 0. The second-order valence-corrected chi connectivity index (χ2v) is 15.0. The third-order valence-electron chi connectivity index (χ3n) is 1.95. The predicted octanol–water partition coefficient (Wildman–Crippen LogP) is 4.47. The van der Waals surface area contributed by atoms with Gasteiger partial charge in [0.2, 0.25) is 16.6 Å². The van der Waals surface area contributed by atoms with Gasteiger partial charge in [-0.15, -0.1) is 0 Å². The predicted molar refractivity (Wildman–Crippen MR) is 82.3 cm³/mol. The molecule has 0 saturated heterocycles. The van der Waals surface area contributed by atoms with Crippen LogP contribution in [0.15, 0.2) is 23.9 Å². The molecular weight excluding hydrogens is 260 g/mol. The van der Waals surface area contributed by atoms with E-state index in [2.05, 4.69) is 52.8 Å². The zero-order valence-corrected chi connectivity index (χ0v) is 15.1. The van der Waals surface area contributed by atoms with Crippen LogP contribution in [0.1, 0.15) is 13.3 Å². The first-order valence-corrected chi connectivity index (χ1v) is 13.2. The molecule has 0 aliphatic rings. The molecule has 0 spiro atoms. The van der Waals surface area contributed by atoms with Gasteiger partial charge >= 0.3 is 0 Å². The second-order valence-electron chi connectivity index (χ2n) is 6.18. The highest BCUT2D eigenvalue weighted by atomic mass is 28.4. The van der Waals surface area contributed by atoms with E-state index in [9.17, 15) is 0 Å². The van der Waals surface area contributed by atoms with Gasteiger partial charge in [0.05, 0.1) is 12.7 Å². The number of allylic oxidation sites excluding steroid dienone is 1. The maximum absolute atomic E-state index is 5.95. The minimum absolute atomic E-state index is 0.569. The molecule has 0 radical (unpaired) electrons. The molecule has 0 heterocycles. The third kappa shape index (κ3) is 6.91. The number of rotatable bonds is 7. The Kier molecular flexibility index (Phi) is 6.22. The Morgan fingerprint density at radius 2 is 1.39 bits per heavy atom. The molecule has 18 heavy (non-hydrogen) atoms. The first kappa shape index (κ1) is 17.3. The fourth-order valence-corrected chi connectivity index (χ4v) is 3.02. The van der Waals surface area contributed by atoms with Crippen LogP contribution in [0.5, 0.6) is 0 Å². The smallest absolute Gasteiger partial charge is 0.272 e. The van der Waals surface area contributed by atoms with Gasteiger partial charge < -0.3 is 13.6 Å². The van der Waals surface area contributed by atoms with E-state index < -0.39 is 16.6 Å². The molecule has 0 aromatic heterocycles. The van der Waals surface area contributed by atoms with E-state index in [0.29, 0.717) is 11.7 Å². The Morgan fingerprint density at radius 3 is 1.67 bits per heavy atom. The Morgan fingerprint density at radius 1 is 0.944 bits per heavy atom. The minimum Gasteiger partial charge on any atom is -0.544 e. The summed E-state index contributed by atoms with van der Waals surface area (Å²) in [5.74, 6) is 1.26. The number of hydrogen-bond donors (Lipinski definition) is 0. The lowest BCUT2D eigenvalue weighted by atomic mass is 10.2. The van der Waals surface area contributed by atoms with Crippen molar-refractivity contribution in [2.45, 2.75) is 52.6 Å². The molecule has 106 valence electrons. The first-order chi connectivity index (χ1) is 8.00. The van der Waals surface area contributed by atoms with E-state index in [1.54, 1.807) is 7.11 Å². The van der Waals surface area contributed by atoms with Gasteiger partial charge in [-0.3, -0.25) is 0 Å². The van der Waals surface area contributed by atoms with Crippen molar-refractivity contribution in [3.63, 3.8) is 0 Å². The average Bonchev–Trinajstić information content (AvgIpc) is 2.12. The zero-order chi connectivity index (χ0) is 14.6. The van der Waals surface area contributed by atoms with Gasteiger partial charge in [0.25, 0.3) is 5.95 Å². The van der Waals surface area contributed by atoms with Crippen molar-refractivity contribution in [2.24, 2.45) is 0 Å². The van der Waals surface area contributed by atoms with Crippen LogP contribution in [0.25, 0.3) is 0 Å². The van der Waals surface area contributed by atoms with Gasteiger partial charge in [-0.1, -0.05) is 13.5 Å². The quantitative estimate of drug-likeness (QED) is 0.393. The van der Waals surface area contributed by atoms with Crippen LogP contribution in [0.2, 0.25) is 39.3 Å². The van der Waals surface area contributed by atoms with Crippen molar-refractivity contribution in [1.29, 1.82) is 0 Å². The molecule has 5 heteroatoms. The molecule has 0 aliphatic heterocycles. The van der Waals surface area contributed by atoms with Crippen LogP contribution in [0.3, 0.4) is 0 Å². The molecule has 0 saturated carbocycles. The largest absolute Gasteiger partial charge is 0.544 e. The summed E-state index contributed by atoms with van der Waals surface area (Å²) in [5, 5.41) is 0. The average molecular weight is 289 g/mol. The van der Waals surface area contributed by atoms with E-state index in [1.165, 1.54) is 0 Å². The van der Waals surface area contributed by atoms with E-state index in [1.807, 2.05) is 0 Å². The normalized spacial score (nSPS) is 13.8. The topological polar surface area (TPSA) is 27.7 Å². The third-order valence-corrected chi connectivity index (χ3v) is 3.61. The molecule has 0 rings (SSSR count). The molecule has 0 aromatic carbocycles. The second kappa shape index (κ2) is 6.47. The Bertz CT molecular complexity index is 322. The lowest BCUT2D eigenvalue weighted by molar-refractivity contribution is 0.139. The van der Waals surface area contributed by atoms with E-state index in [0.717, 1.165) is 12.0 Å². The van der Waals surface area contributed by atoms with E-state index in [4.69, 9.17) is 13.6 Å². The van der Waals surface area contributed by atoms with Crippen molar-refractivity contribution in [2.75, 3.05) is 7.11 Å². The molecule has 0 aromatic rings. The van der Waals surface area contributed by atoms with Gasteiger partial charge in [0.15, 0.2) is 0 Å². The van der Waals surface area contributed by atoms with Crippen molar-refractivity contribution >= 4 is 16.6 Å². The molecule has 0 amide bonds. The highest BCUT2D eigenvalue weighted by molar-refractivity contribution is 6.70. The van der Waals surface area contributed by atoms with Gasteiger partial charge in [-0.2, -0.15) is 0 Å². The van der Waals surface area contributed by atoms with Gasteiger partial charge in [0, 0.05) is 0 Å². The zero-order valence-electron chi connectivity index (χ0n) is 13.1. The van der Waals surface area contributed by atoms with Crippen LogP contribution in [-0.4, -0.2) is 23.7 Å². The molecule has 3 nitrogen and oxygen atoms in total. The lowest BCUT2D eigenvalue weighted by Crippen LogP contribution is -2.28. The SMILES string of the molecule is C=C(O[Si](C)(C)C)/C(CC)=C(/OC)O[Si](C)(C)C. The van der Waals surface area contributed by atoms with Crippen molar-refractivity contribution < 1.29 is 13.6 Å². The number of ether oxygens (including phenoxy) is 1. The summed E-state index contributed by atoms with van der Waals surface area (Å²) >= 11 is 0. The minimum atomic E-state index is -1.69. The lowest BCUT2D eigenvalue weighted by Gasteiger charge is -2.26. The Labute approximate surface area is 114 Å². The summed E-state index contributed by atoms with van der Waals surface area (Å²) < 4.78 is 17.3. The van der Waals surface area contributed by atoms with Gasteiger partial charge in [0.1, 0.15) is 5.76 Å². The Balaban J connectivity index is 5.16. The fourth-order valence-electron chi connectivity index (χ4n) is 1.39. The first-order valence-electron chi connectivity index (χ1n) is 6.34. The van der Waals surface area contributed by atoms with Crippen molar-refractivity contribution in [1.82, 2.24) is 0 Å². The van der Waals surface area contributed by atoms with E-state index in [-0.39, 0.29) is 0 Å². The van der Waals surface area contributed by atoms with Crippen LogP contribution in [0.4, 0.5) is 0 Å². The van der Waals surface area contributed by atoms with Crippen LogP contribution >= 0.6 is 0 Å². The van der Waals surface area contributed by atoms with E-state index >= 15 is 0 Å². The van der Waals surface area contributed by atoms with Crippen molar-refractivity contribution in [3.05, 3.63) is 23.9 Å². The molecule has 0 N–H and O–H groups in total. The Hall–Kier alpha value is -0.686. The summed E-state index contributed by atoms with van der Waals surface area (Å²) in [5.41, 5.74) is 0.933. The maximum Gasteiger partial charge on any atom is 0.272 e. The molecule has 0 fully saturated rings. The number of hydrogen-bond acceptors (Lipinski definition) is 3. The summed E-state index contributed by atoms with van der Waals surface area (Å²) in [6.07, 6.45) is 0.789. The van der Waals surface area contributed by atoms with Gasteiger partial charge in [-0.05, 0) is 45.7 Å². The van der Waals surface area contributed by atoms with Gasteiger partial charge in [-0.25, -0.2) is 0 Å². The summed E-state index contributed by atoms with van der Waals surface area (Å²) in [4.78, 5) is 0. The molecule has 0 aliphatic carbocycles. The van der Waals surface area contributed by atoms with Crippen LogP contribution < -0.4 is 0 Å². The monoisotopic (exact) mass is 288 g/mol. The molecular formula is C13H28O3Si2.